The SMILES string of the molecule is CCC(C)(CC)n1ccc(=O)[nH]c1=S. The van der Waals surface area contributed by atoms with E-state index in [1.165, 1.54) is 6.07 Å². The van der Waals surface area contributed by atoms with Gasteiger partial charge in [-0.05, 0) is 32.0 Å². The summed E-state index contributed by atoms with van der Waals surface area (Å²) in [5, 5.41) is 0. The molecule has 78 valence electrons. The van der Waals surface area contributed by atoms with Gasteiger partial charge in [-0.3, -0.25) is 9.78 Å². The first kappa shape index (κ1) is 11.2. The molecule has 0 spiro atoms. The van der Waals surface area contributed by atoms with Crippen LogP contribution in [0.1, 0.15) is 33.6 Å². The average Bonchev–Trinajstić information content (AvgIpc) is 2.17. The minimum atomic E-state index is -0.138. The summed E-state index contributed by atoms with van der Waals surface area (Å²) in [7, 11) is 0. The molecule has 0 unspecified atom stereocenters. The predicted molar refractivity (Wildman–Crippen MR) is 60.1 cm³/mol. The van der Waals surface area contributed by atoms with Crippen LogP contribution in [-0.4, -0.2) is 9.55 Å². The van der Waals surface area contributed by atoms with Crippen LogP contribution in [0.3, 0.4) is 0 Å². The quantitative estimate of drug-likeness (QED) is 0.781. The molecule has 0 saturated heterocycles. The number of hydrogen-bond donors (Lipinski definition) is 1. The van der Waals surface area contributed by atoms with Crippen LogP contribution < -0.4 is 5.56 Å². The lowest BCUT2D eigenvalue weighted by atomic mass is 9.95. The van der Waals surface area contributed by atoms with Crippen molar-refractivity contribution in [2.75, 3.05) is 0 Å². The Morgan fingerprint density at radius 3 is 2.50 bits per heavy atom. The molecule has 0 aliphatic carbocycles. The van der Waals surface area contributed by atoms with E-state index in [4.69, 9.17) is 12.2 Å². The molecular weight excluding hydrogens is 196 g/mol. The molecule has 1 rings (SSSR count). The molecule has 0 aromatic carbocycles. The van der Waals surface area contributed by atoms with Crippen molar-refractivity contribution in [2.24, 2.45) is 0 Å². The van der Waals surface area contributed by atoms with E-state index in [-0.39, 0.29) is 11.1 Å². The third-order valence-corrected chi connectivity index (χ3v) is 3.23. The lowest BCUT2D eigenvalue weighted by Crippen LogP contribution is -2.30. The molecule has 4 heteroatoms. The van der Waals surface area contributed by atoms with Crippen LogP contribution in [0.2, 0.25) is 0 Å². The fourth-order valence-electron chi connectivity index (χ4n) is 1.43. The molecular formula is C10H16N2OS. The molecule has 14 heavy (non-hydrogen) atoms. The fourth-order valence-corrected chi connectivity index (χ4v) is 1.81. The summed E-state index contributed by atoms with van der Waals surface area (Å²) in [6.45, 7) is 6.38. The van der Waals surface area contributed by atoms with Gasteiger partial charge in [0.2, 0.25) is 0 Å². The van der Waals surface area contributed by atoms with E-state index < -0.39 is 0 Å². The summed E-state index contributed by atoms with van der Waals surface area (Å²) < 4.78 is 2.47. The molecule has 0 fully saturated rings. The van der Waals surface area contributed by atoms with Crippen LogP contribution >= 0.6 is 12.2 Å². The van der Waals surface area contributed by atoms with Gasteiger partial charge in [-0.15, -0.1) is 0 Å². The molecule has 0 radical (unpaired) electrons. The van der Waals surface area contributed by atoms with Crippen LogP contribution in [0.15, 0.2) is 17.1 Å². The van der Waals surface area contributed by atoms with E-state index in [0.717, 1.165) is 12.8 Å². The van der Waals surface area contributed by atoms with Gasteiger partial charge in [0.15, 0.2) is 4.77 Å². The molecule has 0 aliphatic heterocycles. The van der Waals surface area contributed by atoms with Gasteiger partial charge in [-0.2, -0.15) is 0 Å². The fraction of sp³-hybridized carbons (Fsp3) is 0.600. The highest BCUT2D eigenvalue weighted by atomic mass is 32.1. The molecule has 0 saturated carbocycles. The Morgan fingerprint density at radius 2 is 2.07 bits per heavy atom. The minimum Gasteiger partial charge on any atom is -0.319 e. The van der Waals surface area contributed by atoms with Gasteiger partial charge in [-0.25, -0.2) is 0 Å². The van der Waals surface area contributed by atoms with Gasteiger partial charge in [-0.1, -0.05) is 13.8 Å². The number of nitrogens with one attached hydrogen (secondary N) is 1. The van der Waals surface area contributed by atoms with Gasteiger partial charge in [0.1, 0.15) is 0 Å². The summed E-state index contributed by atoms with van der Waals surface area (Å²) in [6, 6.07) is 1.51. The molecule has 1 aromatic rings. The number of aromatic amines is 1. The summed E-state index contributed by atoms with van der Waals surface area (Å²) in [5.74, 6) is 0. The van der Waals surface area contributed by atoms with Gasteiger partial charge >= 0.3 is 0 Å². The number of H-pyrrole nitrogens is 1. The van der Waals surface area contributed by atoms with E-state index in [1.54, 1.807) is 6.20 Å². The Labute approximate surface area is 88.8 Å². The van der Waals surface area contributed by atoms with E-state index in [1.807, 2.05) is 4.57 Å². The van der Waals surface area contributed by atoms with Crippen LogP contribution in [0, 0.1) is 4.77 Å². The Morgan fingerprint density at radius 1 is 1.50 bits per heavy atom. The van der Waals surface area contributed by atoms with Crippen molar-refractivity contribution in [3.8, 4) is 0 Å². The van der Waals surface area contributed by atoms with Gasteiger partial charge < -0.3 is 4.57 Å². The topological polar surface area (TPSA) is 37.8 Å². The zero-order valence-electron chi connectivity index (χ0n) is 8.83. The Kier molecular flexibility index (Phi) is 3.26. The summed E-state index contributed by atoms with van der Waals surface area (Å²) in [4.78, 5) is 13.6. The molecule has 0 bridgehead atoms. The van der Waals surface area contributed by atoms with Crippen molar-refractivity contribution < 1.29 is 0 Å². The molecule has 1 N–H and O–H groups in total. The molecule has 1 heterocycles. The Hall–Kier alpha value is -0.900. The highest BCUT2D eigenvalue weighted by Crippen LogP contribution is 2.23. The maximum atomic E-state index is 11.0. The number of rotatable bonds is 3. The Bertz CT molecular complexity index is 415. The third-order valence-electron chi connectivity index (χ3n) is 2.93. The summed E-state index contributed by atoms with van der Waals surface area (Å²) in [5.41, 5.74) is -0.137. The zero-order chi connectivity index (χ0) is 10.8. The predicted octanol–water partition coefficient (Wildman–Crippen LogP) is 2.44. The van der Waals surface area contributed by atoms with Crippen molar-refractivity contribution >= 4 is 12.2 Å². The summed E-state index contributed by atoms with van der Waals surface area (Å²) in [6.07, 6.45) is 3.75. The second kappa shape index (κ2) is 4.09. The molecule has 3 nitrogen and oxygen atoms in total. The maximum absolute atomic E-state index is 11.0. The molecule has 1 aromatic heterocycles. The first-order valence-corrected chi connectivity index (χ1v) is 5.27. The summed E-state index contributed by atoms with van der Waals surface area (Å²) >= 11 is 5.13. The van der Waals surface area contributed by atoms with Crippen molar-refractivity contribution in [2.45, 2.75) is 39.2 Å². The molecule has 0 aliphatic rings. The van der Waals surface area contributed by atoms with E-state index in [0.29, 0.717) is 4.77 Å². The van der Waals surface area contributed by atoms with E-state index >= 15 is 0 Å². The molecule has 0 atom stereocenters. The van der Waals surface area contributed by atoms with Crippen molar-refractivity contribution in [3.63, 3.8) is 0 Å². The van der Waals surface area contributed by atoms with Gasteiger partial charge in [0, 0.05) is 17.8 Å². The van der Waals surface area contributed by atoms with Crippen molar-refractivity contribution in [3.05, 3.63) is 27.4 Å². The van der Waals surface area contributed by atoms with Gasteiger partial charge in [0.25, 0.3) is 5.56 Å². The highest BCUT2D eigenvalue weighted by molar-refractivity contribution is 7.71. The zero-order valence-corrected chi connectivity index (χ0v) is 9.65. The first-order valence-electron chi connectivity index (χ1n) is 4.86. The van der Waals surface area contributed by atoms with Crippen molar-refractivity contribution in [1.29, 1.82) is 0 Å². The minimum absolute atomic E-state index is 0.00127. The third kappa shape index (κ3) is 1.95. The number of hydrogen-bond acceptors (Lipinski definition) is 2. The number of nitrogens with zero attached hydrogens (tertiary/aromatic N) is 1. The van der Waals surface area contributed by atoms with Crippen LogP contribution in [0.25, 0.3) is 0 Å². The van der Waals surface area contributed by atoms with Gasteiger partial charge in [0.05, 0.1) is 0 Å². The average molecular weight is 212 g/mol. The van der Waals surface area contributed by atoms with Crippen LogP contribution in [0.5, 0.6) is 0 Å². The largest absolute Gasteiger partial charge is 0.319 e. The highest BCUT2D eigenvalue weighted by Gasteiger charge is 2.21. The normalized spacial score (nSPS) is 11.6. The standard InChI is InChI=1S/C10H16N2OS/c1-4-10(3,5-2)12-7-6-8(13)11-9(12)14/h6-7H,4-5H2,1-3H3,(H,11,13,14). The lowest BCUT2D eigenvalue weighted by molar-refractivity contribution is 0.285. The van der Waals surface area contributed by atoms with E-state index in [2.05, 4.69) is 25.8 Å². The second-order valence-corrected chi connectivity index (χ2v) is 4.07. The first-order chi connectivity index (χ1) is 6.53. The van der Waals surface area contributed by atoms with Crippen LogP contribution in [0.4, 0.5) is 0 Å². The Balaban J connectivity index is 3.32. The van der Waals surface area contributed by atoms with Crippen molar-refractivity contribution in [1.82, 2.24) is 9.55 Å². The van der Waals surface area contributed by atoms with Crippen LogP contribution in [-0.2, 0) is 5.54 Å². The number of aromatic nitrogens is 2. The lowest BCUT2D eigenvalue weighted by Gasteiger charge is -2.29. The maximum Gasteiger partial charge on any atom is 0.251 e. The second-order valence-electron chi connectivity index (χ2n) is 3.68. The van der Waals surface area contributed by atoms with E-state index in [9.17, 15) is 4.79 Å². The monoisotopic (exact) mass is 212 g/mol. The molecule has 0 amide bonds. The smallest absolute Gasteiger partial charge is 0.251 e.